The van der Waals surface area contributed by atoms with Crippen LogP contribution in [0, 0.1) is 0 Å². The van der Waals surface area contributed by atoms with Crippen LogP contribution in [0.25, 0.3) is 22.4 Å². The average molecular weight is 275 g/mol. The molecule has 0 aliphatic carbocycles. The number of phenols is 1. The van der Waals surface area contributed by atoms with Crippen LogP contribution < -0.4 is 4.74 Å². The molecule has 1 heterocycles. The fourth-order valence-electron chi connectivity index (χ4n) is 1.96. The van der Waals surface area contributed by atoms with E-state index in [2.05, 4.69) is 9.97 Å². The minimum absolute atomic E-state index is 0.135. The van der Waals surface area contributed by atoms with Gasteiger partial charge in [0.1, 0.15) is 22.8 Å². The number of fused-ring (bicyclic) bond motifs is 1. The maximum Gasteiger partial charge on any atom is 0.142 e. The van der Waals surface area contributed by atoms with Crippen molar-refractivity contribution in [2.45, 2.75) is 0 Å². The lowest BCUT2D eigenvalue weighted by Gasteiger charge is -2.04. The molecule has 19 heavy (non-hydrogen) atoms. The third-order valence-corrected chi connectivity index (χ3v) is 3.23. The summed E-state index contributed by atoms with van der Waals surface area (Å²) >= 11 is 6.09. The van der Waals surface area contributed by atoms with E-state index in [1.165, 1.54) is 0 Å². The molecule has 2 N–H and O–H groups in total. The number of ether oxygens (including phenoxy) is 1. The van der Waals surface area contributed by atoms with Gasteiger partial charge in [-0.1, -0.05) is 17.7 Å². The van der Waals surface area contributed by atoms with Crippen LogP contribution >= 0.6 is 11.6 Å². The van der Waals surface area contributed by atoms with Crippen LogP contribution in [0.15, 0.2) is 36.4 Å². The van der Waals surface area contributed by atoms with Crippen molar-refractivity contribution in [1.29, 1.82) is 0 Å². The first-order chi connectivity index (χ1) is 9.19. The minimum atomic E-state index is 0.135. The van der Waals surface area contributed by atoms with Crippen molar-refractivity contribution in [3.8, 4) is 22.9 Å². The Morgan fingerprint density at radius 2 is 2.11 bits per heavy atom. The van der Waals surface area contributed by atoms with E-state index in [-0.39, 0.29) is 5.75 Å². The van der Waals surface area contributed by atoms with Gasteiger partial charge in [0.05, 0.1) is 23.2 Å². The Morgan fingerprint density at radius 1 is 1.26 bits per heavy atom. The lowest BCUT2D eigenvalue weighted by Crippen LogP contribution is -1.86. The average Bonchev–Trinajstić information content (AvgIpc) is 2.84. The first-order valence-electron chi connectivity index (χ1n) is 5.70. The molecule has 0 radical (unpaired) electrons. The second-order valence-electron chi connectivity index (χ2n) is 4.10. The number of methoxy groups -OCH3 is 1. The molecule has 0 atom stereocenters. The van der Waals surface area contributed by atoms with E-state index >= 15 is 0 Å². The van der Waals surface area contributed by atoms with Gasteiger partial charge in [0.2, 0.25) is 0 Å². The van der Waals surface area contributed by atoms with Gasteiger partial charge in [0.15, 0.2) is 0 Å². The number of H-pyrrole nitrogens is 1. The predicted octanol–water partition coefficient (Wildman–Crippen LogP) is 3.60. The van der Waals surface area contributed by atoms with Crippen LogP contribution in [-0.4, -0.2) is 22.2 Å². The summed E-state index contributed by atoms with van der Waals surface area (Å²) in [7, 11) is 1.58. The van der Waals surface area contributed by atoms with Crippen molar-refractivity contribution in [2.24, 2.45) is 0 Å². The van der Waals surface area contributed by atoms with E-state index in [1.54, 1.807) is 31.4 Å². The summed E-state index contributed by atoms with van der Waals surface area (Å²) in [4.78, 5) is 7.55. The van der Waals surface area contributed by atoms with Gasteiger partial charge in [-0.3, -0.25) is 0 Å². The standard InChI is InChI=1S/C14H11ClN2O2/c1-19-8-5-6-12(18)9(7-8)14-16-11-4-2-3-10(15)13(11)17-14/h2-7,18H,1H3,(H,16,17). The molecule has 0 amide bonds. The number of aromatic nitrogens is 2. The first-order valence-corrected chi connectivity index (χ1v) is 6.08. The fraction of sp³-hybridized carbons (Fsp3) is 0.0714. The highest BCUT2D eigenvalue weighted by molar-refractivity contribution is 6.35. The molecule has 4 nitrogen and oxygen atoms in total. The van der Waals surface area contributed by atoms with E-state index in [0.717, 1.165) is 5.52 Å². The van der Waals surface area contributed by atoms with E-state index in [9.17, 15) is 5.11 Å². The molecule has 0 saturated heterocycles. The molecule has 0 unspecified atom stereocenters. The molecule has 3 rings (SSSR count). The van der Waals surface area contributed by atoms with Crippen molar-refractivity contribution >= 4 is 22.6 Å². The van der Waals surface area contributed by atoms with Crippen molar-refractivity contribution in [2.75, 3.05) is 7.11 Å². The molecule has 3 aromatic rings. The number of aromatic amines is 1. The maximum atomic E-state index is 9.93. The van der Waals surface area contributed by atoms with E-state index in [4.69, 9.17) is 16.3 Å². The van der Waals surface area contributed by atoms with Gasteiger partial charge in [0.25, 0.3) is 0 Å². The summed E-state index contributed by atoms with van der Waals surface area (Å²) in [6.45, 7) is 0. The van der Waals surface area contributed by atoms with E-state index < -0.39 is 0 Å². The number of hydrogen-bond acceptors (Lipinski definition) is 3. The number of aromatic hydroxyl groups is 1. The van der Waals surface area contributed by atoms with Crippen LogP contribution in [0.3, 0.4) is 0 Å². The molecule has 0 aliphatic heterocycles. The number of nitrogens with zero attached hydrogens (tertiary/aromatic N) is 1. The van der Waals surface area contributed by atoms with Crippen molar-refractivity contribution < 1.29 is 9.84 Å². The molecule has 0 aliphatic rings. The Balaban J connectivity index is 2.21. The van der Waals surface area contributed by atoms with Crippen LogP contribution in [-0.2, 0) is 0 Å². The smallest absolute Gasteiger partial charge is 0.142 e. The molecule has 1 aromatic heterocycles. The first kappa shape index (κ1) is 11.9. The zero-order valence-corrected chi connectivity index (χ0v) is 10.9. The second kappa shape index (κ2) is 4.48. The highest BCUT2D eigenvalue weighted by atomic mass is 35.5. The molecule has 96 valence electrons. The number of phenolic OH excluding ortho intramolecular Hbond substituents is 1. The lowest BCUT2D eigenvalue weighted by molar-refractivity contribution is 0.412. The minimum Gasteiger partial charge on any atom is -0.507 e. The molecular weight excluding hydrogens is 264 g/mol. The third kappa shape index (κ3) is 2.00. The SMILES string of the molecule is COc1ccc(O)c(-c2nc3c(Cl)cccc3[nH]2)c1. The Labute approximate surface area is 114 Å². The molecule has 0 bridgehead atoms. The van der Waals surface area contributed by atoms with Gasteiger partial charge < -0.3 is 14.8 Å². The Morgan fingerprint density at radius 3 is 2.84 bits per heavy atom. The zero-order valence-electron chi connectivity index (χ0n) is 10.1. The zero-order chi connectivity index (χ0) is 13.4. The van der Waals surface area contributed by atoms with Crippen molar-refractivity contribution in [1.82, 2.24) is 9.97 Å². The van der Waals surface area contributed by atoms with Gasteiger partial charge in [-0.25, -0.2) is 4.98 Å². The number of halogens is 1. The molecule has 2 aromatic carbocycles. The topological polar surface area (TPSA) is 58.1 Å². The van der Waals surface area contributed by atoms with Crippen LogP contribution in [0.4, 0.5) is 0 Å². The van der Waals surface area contributed by atoms with Crippen molar-refractivity contribution in [3.63, 3.8) is 0 Å². The molecule has 0 spiro atoms. The number of rotatable bonds is 2. The predicted molar refractivity (Wildman–Crippen MR) is 74.8 cm³/mol. The summed E-state index contributed by atoms with van der Waals surface area (Å²) in [6.07, 6.45) is 0. The maximum absolute atomic E-state index is 9.93. The summed E-state index contributed by atoms with van der Waals surface area (Å²) in [6, 6.07) is 10.5. The lowest BCUT2D eigenvalue weighted by atomic mass is 10.2. The third-order valence-electron chi connectivity index (χ3n) is 2.92. The fourth-order valence-corrected chi connectivity index (χ4v) is 2.17. The number of benzene rings is 2. The van der Waals surface area contributed by atoms with Crippen LogP contribution in [0.2, 0.25) is 5.02 Å². The second-order valence-corrected chi connectivity index (χ2v) is 4.51. The number of nitrogens with one attached hydrogen (secondary N) is 1. The van der Waals surface area contributed by atoms with E-state index in [1.807, 2.05) is 12.1 Å². The highest BCUT2D eigenvalue weighted by Gasteiger charge is 2.12. The largest absolute Gasteiger partial charge is 0.507 e. The number of hydrogen-bond donors (Lipinski definition) is 2. The normalized spacial score (nSPS) is 10.8. The Kier molecular flexibility index (Phi) is 2.80. The van der Waals surface area contributed by atoms with Gasteiger partial charge in [-0.15, -0.1) is 0 Å². The molecule has 5 heteroatoms. The highest BCUT2D eigenvalue weighted by Crippen LogP contribution is 2.33. The van der Waals surface area contributed by atoms with E-state index in [0.29, 0.717) is 27.7 Å². The monoisotopic (exact) mass is 274 g/mol. The molecular formula is C14H11ClN2O2. The quantitative estimate of drug-likeness (QED) is 0.751. The van der Waals surface area contributed by atoms with Crippen molar-refractivity contribution in [3.05, 3.63) is 41.4 Å². The van der Waals surface area contributed by atoms with Gasteiger partial charge in [-0.2, -0.15) is 0 Å². The summed E-state index contributed by atoms with van der Waals surface area (Å²) in [5, 5.41) is 10.5. The Bertz CT molecular complexity index is 752. The van der Waals surface area contributed by atoms with Crippen LogP contribution in [0.5, 0.6) is 11.5 Å². The molecule has 0 fully saturated rings. The summed E-state index contributed by atoms with van der Waals surface area (Å²) in [5.41, 5.74) is 2.08. The number of para-hydroxylation sites is 1. The Hall–Kier alpha value is -2.20. The van der Waals surface area contributed by atoms with Crippen LogP contribution in [0.1, 0.15) is 0 Å². The van der Waals surface area contributed by atoms with Gasteiger partial charge in [-0.05, 0) is 30.3 Å². The van der Waals surface area contributed by atoms with Gasteiger partial charge >= 0.3 is 0 Å². The molecule has 0 saturated carbocycles. The van der Waals surface area contributed by atoms with Gasteiger partial charge in [0, 0.05) is 0 Å². The number of imidazole rings is 1. The summed E-state index contributed by atoms with van der Waals surface area (Å²) < 4.78 is 5.15. The summed E-state index contributed by atoms with van der Waals surface area (Å²) in [5.74, 6) is 1.34.